The van der Waals surface area contributed by atoms with Crippen LogP contribution >= 0.6 is 28.3 Å². The number of rotatable bonds is 1. The van der Waals surface area contributed by atoms with Crippen LogP contribution in [0.3, 0.4) is 0 Å². The monoisotopic (exact) mass is 307 g/mol. The van der Waals surface area contributed by atoms with Gasteiger partial charge < -0.3 is 15.2 Å². The van der Waals surface area contributed by atoms with E-state index in [1.165, 1.54) is 0 Å². The summed E-state index contributed by atoms with van der Waals surface area (Å²) in [5.74, 6) is 0.177. The van der Waals surface area contributed by atoms with E-state index < -0.39 is 6.09 Å². The van der Waals surface area contributed by atoms with Gasteiger partial charge in [0, 0.05) is 16.5 Å². The second-order valence-electron chi connectivity index (χ2n) is 3.32. The highest BCUT2D eigenvalue weighted by Crippen LogP contribution is 2.30. The third-order valence-corrected chi connectivity index (χ3v) is 2.79. The molecular formula is C10H11BrClNO3. The quantitative estimate of drug-likeness (QED) is 0.838. The molecule has 1 aliphatic rings. The Bertz CT molecular complexity index is 400. The lowest BCUT2D eigenvalue weighted by Crippen LogP contribution is -2.35. The molecule has 4 nitrogen and oxygen atoms in total. The van der Waals surface area contributed by atoms with Gasteiger partial charge in [-0.15, -0.1) is 12.4 Å². The smallest absolute Gasteiger partial charge is 0.407 e. The molecule has 1 aromatic rings. The van der Waals surface area contributed by atoms with E-state index in [2.05, 4.69) is 21.2 Å². The van der Waals surface area contributed by atoms with Crippen LogP contribution < -0.4 is 5.32 Å². The van der Waals surface area contributed by atoms with Crippen molar-refractivity contribution in [2.45, 2.75) is 12.5 Å². The van der Waals surface area contributed by atoms with E-state index in [1.54, 1.807) is 12.1 Å². The van der Waals surface area contributed by atoms with Gasteiger partial charge in [-0.05, 0) is 12.1 Å². The molecule has 1 atom stereocenters. The van der Waals surface area contributed by atoms with Gasteiger partial charge in [0.05, 0.1) is 12.6 Å². The molecule has 0 spiro atoms. The lowest BCUT2D eigenvalue weighted by molar-refractivity contribution is 0.115. The van der Waals surface area contributed by atoms with Gasteiger partial charge in [-0.3, -0.25) is 0 Å². The highest BCUT2D eigenvalue weighted by Gasteiger charge is 2.22. The lowest BCUT2D eigenvalue weighted by Gasteiger charge is -2.24. The van der Waals surface area contributed by atoms with Gasteiger partial charge in [0.2, 0.25) is 0 Å². The molecule has 2 rings (SSSR count). The zero-order valence-electron chi connectivity index (χ0n) is 8.27. The van der Waals surface area contributed by atoms with Crippen LogP contribution in [0, 0.1) is 0 Å². The van der Waals surface area contributed by atoms with Crippen molar-refractivity contribution in [2.24, 2.45) is 0 Å². The summed E-state index contributed by atoms with van der Waals surface area (Å²) in [6.45, 7) is 0.381. The Hall–Kier alpha value is -0.940. The van der Waals surface area contributed by atoms with Gasteiger partial charge in [0.1, 0.15) is 5.75 Å². The molecule has 6 heteroatoms. The fourth-order valence-electron chi connectivity index (χ4n) is 1.57. The summed E-state index contributed by atoms with van der Waals surface area (Å²) in [5.41, 5.74) is 0.717. The Morgan fingerprint density at radius 2 is 2.25 bits per heavy atom. The van der Waals surface area contributed by atoms with Gasteiger partial charge in [-0.2, -0.15) is 0 Å². The van der Waals surface area contributed by atoms with Crippen molar-refractivity contribution in [1.29, 1.82) is 0 Å². The van der Waals surface area contributed by atoms with Crippen LogP contribution in [0.4, 0.5) is 4.79 Å². The zero-order valence-corrected chi connectivity index (χ0v) is 10.7. The predicted octanol–water partition coefficient (Wildman–Crippen LogP) is 2.75. The number of halogens is 2. The molecule has 88 valence electrons. The number of hydrogen-bond donors (Lipinski definition) is 2. The van der Waals surface area contributed by atoms with Gasteiger partial charge >= 0.3 is 6.09 Å². The molecule has 1 saturated heterocycles. The highest BCUT2D eigenvalue weighted by molar-refractivity contribution is 9.10. The largest absolute Gasteiger partial charge is 0.508 e. The van der Waals surface area contributed by atoms with Crippen molar-refractivity contribution in [3.8, 4) is 5.75 Å². The third-order valence-electron chi connectivity index (χ3n) is 2.30. The standard InChI is InChI=1S/C10H10BrNO3.ClH/c11-6-1-2-7(9(13)5-6)8-3-4-15-10(14)12-8;/h1-2,5,8,13H,3-4H2,(H,12,14);1H/t8-;/m1./s1. The molecule has 1 aliphatic heterocycles. The molecule has 1 fully saturated rings. The number of phenolic OH excluding ortho intramolecular Hbond substituents is 1. The van der Waals surface area contributed by atoms with E-state index in [9.17, 15) is 9.90 Å². The molecule has 0 radical (unpaired) electrons. The number of hydrogen-bond acceptors (Lipinski definition) is 3. The minimum atomic E-state index is -0.437. The van der Waals surface area contributed by atoms with E-state index in [1.807, 2.05) is 6.07 Å². The summed E-state index contributed by atoms with van der Waals surface area (Å²) in [7, 11) is 0. The van der Waals surface area contributed by atoms with Crippen molar-refractivity contribution < 1.29 is 14.6 Å². The fourth-order valence-corrected chi connectivity index (χ4v) is 1.92. The topological polar surface area (TPSA) is 58.6 Å². The molecule has 2 N–H and O–H groups in total. The van der Waals surface area contributed by atoms with Crippen LogP contribution in [0.15, 0.2) is 22.7 Å². The zero-order chi connectivity index (χ0) is 10.8. The summed E-state index contributed by atoms with van der Waals surface area (Å²) < 4.78 is 5.56. The summed E-state index contributed by atoms with van der Waals surface area (Å²) in [6.07, 6.45) is 0.231. The number of alkyl carbamates (subject to hydrolysis) is 1. The van der Waals surface area contributed by atoms with Crippen molar-refractivity contribution in [1.82, 2.24) is 5.32 Å². The Kier molecular flexibility index (Phi) is 4.44. The van der Waals surface area contributed by atoms with E-state index in [4.69, 9.17) is 4.74 Å². The summed E-state index contributed by atoms with van der Waals surface area (Å²) in [4.78, 5) is 11.0. The normalized spacial score (nSPS) is 19.3. The van der Waals surface area contributed by atoms with Crippen LogP contribution in [0.2, 0.25) is 0 Å². The first-order valence-electron chi connectivity index (χ1n) is 4.58. The molecule has 1 aromatic carbocycles. The van der Waals surface area contributed by atoms with E-state index in [-0.39, 0.29) is 24.2 Å². The lowest BCUT2D eigenvalue weighted by atomic mass is 10.0. The van der Waals surface area contributed by atoms with E-state index in [0.717, 1.165) is 10.0 Å². The van der Waals surface area contributed by atoms with Crippen LogP contribution in [-0.4, -0.2) is 17.8 Å². The Labute approximate surface area is 108 Å². The number of carbonyl (C=O) groups is 1. The average Bonchev–Trinajstić information content (AvgIpc) is 2.17. The molecule has 0 saturated carbocycles. The molecule has 0 unspecified atom stereocenters. The Morgan fingerprint density at radius 1 is 1.50 bits per heavy atom. The van der Waals surface area contributed by atoms with Crippen LogP contribution in [0.25, 0.3) is 0 Å². The first-order valence-corrected chi connectivity index (χ1v) is 5.38. The number of ether oxygens (including phenoxy) is 1. The number of carbonyl (C=O) groups excluding carboxylic acids is 1. The second-order valence-corrected chi connectivity index (χ2v) is 4.24. The predicted molar refractivity (Wildman–Crippen MR) is 64.9 cm³/mol. The number of phenols is 1. The number of cyclic esters (lactones) is 1. The Morgan fingerprint density at radius 3 is 2.88 bits per heavy atom. The summed E-state index contributed by atoms with van der Waals surface area (Å²) >= 11 is 3.26. The summed E-state index contributed by atoms with van der Waals surface area (Å²) in [5, 5.41) is 12.4. The molecule has 0 bridgehead atoms. The first-order chi connectivity index (χ1) is 7.16. The maximum atomic E-state index is 11.0. The molecule has 0 aromatic heterocycles. The van der Waals surface area contributed by atoms with Crippen LogP contribution in [0.5, 0.6) is 5.75 Å². The Balaban J connectivity index is 0.00000128. The van der Waals surface area contributed by atoms with Gasteiger partial charge in [-0.1, -0.05) is 22.0 Å². The minimum absolute atomic E-state index is 0. The maximum absolute atomic E-state index is 11.0. The van der Waals surface area contributed by atoms with Crippen molar-refractivity contribution in [3.05, 3.63) is 28.2 Å². The number of aromatic hydroxyl groups is 1. The van der Waals surface area contributed by atoms with Crippen LogP contribution in [-0.2, 0) is 4.74 Å². The van der Waals surface area contributed by atoms with Gasteiger partial charge in [0.25, 0.3) is 0 Å². The molecule has 16 heavy (non-hydrogen) atoms. The van der Waals surface area contributed by atoms with E-state index >= 15 is 0 Å². The maximum Gasteiger partial charge on any atom is 0.407 e. The van der Waals surface area contributed by atoms with Gasteiger partial charge in [0.15, 0.2) is 0 Å². The van der Waals surface area contributed by atoms with Crippen molar-refractivity contribution in [3.63, 3.8) is 0 Å². The van der Waals surface area contributed by atoms with Crippen molar-refractivity contribution >= 4 is 34.4 Å². The third kappa shape index (κ3) is 2.80. The molecular weight excluding hydrogens is 297 g/mol. The summed E-state index contributed by atoms with van der Waals surface area (Å²) in [6, 6.07) is 5.06. The second kappa shape index (κ2) is 5.41. The molecule has 1 amide bonds. The van der Waals surface area contributed by atoms with E-state index in [0.29, 0.717) is 13.0 Å². The molecule has 1 heterocycles. The number of benzene rings is 1. The molecule has 0 aliphatic carbocycles. The number of nitrogens with one attached hydrogen (secondary N) is 1. The number of amides is 1. The van der Waals surface area contributed by atoms with Gasteiger partial charge in [-0.25, -0.2) is 4.79 Å². The minimum Gasteiger partial charge on any atom is -0.508 e. The highest BCUT2D eigenvalue weighted by atomic mass is 79.9. The average molecular weight is 309 g/mol. The van der Waals surface area contributed by atoms with Crippen molar-refractivity contribution in [2.75, 3.05) is 6.61 Å². The fraction of sp³-hybridized carbons (Fsp3) is 0.300. The SMILES string of the molecule is Cl.O=C1N[C@@H](c2ccc(Br)cc2O)CCO1. The van der Waals surface area contributed by atoms with Crippen LogP contribution in [0.1, 0.15) is 18.0 Å². The first kappa shape index (κ1) is 13.1.